The molecule has 1 saturated heterocycles. The number of halogens is 2. The summed E-state index contributed by atoms with van der Waals surface area (Å²) in [6, 6.07) is 4.61. The number of nitrogens with one attached hydrogen (secondary N) is 1. The van der Waals surface area contributed by atoms with Crippen LogP contribution in [0.4, 0.5) is 8.78 Å². The van der Waals surface area contributed by atoms with Gasteiger partial charge in [-0.25, -0.2) is 14.8 Å². The number of benzene rings is 1. The summed E-state index contributed by atoms with van der Waals surface area (Å²) >= 11 is 0. The molecule has 1 aliphatic carbocycles. The van der Waals surface area contributed by atoms with Crippen LogP contribution in [0, 0.1) is 5.41 Å². The predicted octanol–water partition coefficient (Wildman–Crippen LogP) is 3.64. The fourth-order valence-electron chi connectivity index (χ4n) is 5.70. The highest BCUT2D eigenvalue weighted by atomic mass is 19.3. The van der Waals surface area contributed by atoms with E-state index in [4.69, 9.17) is 14.2 Å². The zero-order chi connectivity index (χ0) is 29.4. The number of hydrogen-bond donors (Lipinski definition) is 2. The van der Waals surface area contributed by atoms with E-state index in [2.05, 4.69) is 15.3 Å². The highest BCUT2D eigenvalue weighted by Crippen LogP contribution is 2.37. The lowest BCUT2D eigenvalue weighted by atomic mass is 9.85. The Kier molecular flexibility index (Phi) is 8.27. The molecule has 12 heteroatoms. The summed E-state index contributed by atoms with van der Waals surface area (Å²) in [6.45, 7) is 5.52. The minimum atomic E-state index is -3.56. The van der Waals surface area contributed by atoms with Gasteiger partial charge in [0.1, 0.15) is 12.1 Å². The van der Waals surface area contributed by atoms with Crippen molar-refractivity contribution in [1.82, 2.24) is 20.2 Å². The van der Waals surface area contributed by atoms with Crippen molar-refractivity contribution in [2.45, 2.75) is 82.8 Å². The summed E-state index contributed by atoms with van der Waals surface area (Å²) in [4.78, 5) is 35.8. The molecule has 2 N–H and O–H groups in total. The molecule has 5 rings (SSSR count). The summed E-state index contributed by atoms with van der Waals surface area (Å²) in [5.74, 6) is -5.60. The summed E-state index contributed by atoms with van der Waals surface area (Å²) in [5.41, 5.74) is -0.667. The molecule has 1 aromatic carbocycles. The maximum atomic E-state index is 15.6. The van der Waals surface area contributed by atoms with Crippen LogP contribution in [0.5, 0.6) is 5.88 Å². The predicted molar refractivity (Wildman–Crippen MR) is 144 cm³/mol. The summed E-state index contributed by atoms with van der Waals surface area (Å²) in [5, 5.41) is 13.2. The molecular weight excluding hydrogens is 538 g/mol. The average molecular weight is 575 g/mol. The minimum absolute atomic E-state index is 0.0493. The van der Waals surface area contributed by atoms with Crippen LogP contribution in [0.3, 0.4) is 0 Å². The molecule has 222 valence electrons. The molecule has 1 saturated carbocycles. The number of fused-ring (bicyclic) bond motifs is 5. The van der Waals surface area contributed by atoms with Gasteiger partial charge in [-0.15, -0.1) is 0 Å². The van der Waals surface area contributed by atoms with Gasteiger partial charge < -0.3 is 24.2 Å². The molecule has 2 aromatic rings. The number of carboxylic acid groups (broad SMARTS) is 1. The van der Waals surface area contributed by atoms with Gasteiger partial charge in [-0.2, -0.15) is 8.78 Å². The van der Waals surface area contributed by atoms with Crippen molar-refractivity contribution in [2.24, 2.45) is 5.41 Å². The number of carboxylic acids is 1. The molecule has 0 spiro atoms. The van der Waals surface area contributed by atoms with Gasteiger partial charge in [-0.3, -0.25) is 10.1 Å². The Morgan fingerprint density at radius 2 is 1.80 bits per heavy atom. The van der Waals surface area contributed by atoms with Crippen molar-refractivity contribution < 1.29 is 37.7 Å². The van der Waals surface area contributed by atoms with Gasteiger partial charge >= 0.3 is 11.9 Å². The SMILES string of the molecule is CC(C)(C)C1NCOC2CCCC2OCC=CC(F)(F)c2nc3ccccc3nc2OC2CC(C(=O)O)N(C2)C1=O. The Morgan fingerprint density at radius 1 is 1.12 bits per heavy atom. The quantitative estimate of drug-likeness (QED) is 0.492. The largest absolute Gasteiger partial charge is 0.480 e. The van der Waals surface area contributed by atoms with Crippen molar-refractivity contribution >= 4 is 22.9 Å². The number of carbonyl (C=O) groups is 2. The van der Waals surface area contributed by atoms with Gasteiger partial charge in [-0.1, -0.05) is 39.0 Å². The maximum absolute atomic E-state index is 15.6. The number of aliphatic carboxylic acids is 1. The molecule has 41 heavy (non-hydrogen) atoms. The van der Waals surface area contributed by atoms with Crippen molar-refractivity contribution in [1.29, 1.82) is 0 Å². The number of nitrogens with zero attached hydrogens (tertiary/aromatic N) is 3. The summed E-state index contributed by atoms with van der Waals surface area (Å²) in [6.07, 6.45) is 2.75. The summed E-state index contributed by atoms with van der Waals surface area (Å²) in [7, 11) is 0. The molecule has 2 aliphatic heterocycles. The Morgan fingerprint density at radius 3 is 2.49 bits per heavy atom. The fourth-order valence-corrected chi connectivity index (χ4v) is 5.70. The standard InChI is InChI=1S/C29H36F2N4O6/c1-28(2,3)24-26(36)35-15-17(14-20(35)27(37)38)41-25-23(33-18-8-4-5-9-19(18)34-25)29(30,31)12-7-13-39-21-10-6-11-22(21)40-16-32-24/h4-5,7-9,12,17,20-22,24,32H,6,10-11,13-16H2,1-3H3,(H,37,38). The Labute approximate surface area is 237 Å². The number of rotatable bonds is 1. The zero-order valence-corrected chi connectivity index (χ0v) is 23.4. The molecular formula is C29H36F2N4O6. The number of amides is 1. The first-order chi connectivity index (χ1) is 19.4. The van der Waals surface area contributed by atoms with E-state index in [1.807, 2.05) is 20.8 Å². The van der Waals surface area contributed by atoms with E-state index in [0.717, 1.165) is 19.3 Å². The second-order valence-corrected chi connectivity index (χ2v) is 11.9. The first kappa shape index (κ1) is 29.3. The third kappa shape index (κ3) is 6.34. The van der Waals surface area contributed by atoms with E-state index in [9.17, 15) is 14.7 Å². The van der Waals surface area contributed by atoms with Gasteiger partial charge in [0, 0.05) is 6.42 Å². The minimum Gasteiger partial charge on any atom is -0.480 e. The van der Waals surface area contributed by atoms with Crippen LogP contribution < -0.4 is 10.1 Å². The first-order valence-electron chi connectivity index (χ1n) is 13.9. The van der Waals surface area contributed by atoms with E-state index in [1.165, 1.54) is 11.0 Å². The fraction of sp³-hybridized carbons (Fsp3) is 0.586. The third-order valence-corrected chi connectivity index (χ3v) is 7.79. The normalized spacial score (nSPS) is 29.3. The topological polar surface area (TPSA) is 123 Å². The molecule has 3 aliphatic rings. The van der Waals surface area contributed by atoms with Crippen LogP contribution in [-0.2, 0) is 25.0 Å². The van der Waals surface area contributed by atoms with Crippen LogP contribution in [0.25, 0.3) is 11.0 Å². The second kappa shape index (κ2) is 11.6. The van der Waals surface area contributed by atoms with Gasteiger partial charge in [0.05, 0.1) is 49.2 Å². The van der Waals surface area contributed by atoms with Crippen molar-refractivity contribution in [3.8, 4) is 5.88 Å². The average Bonchev–Trinajstić information content (AvgIpc) is 3.54. The van der Waals surface area contributed by atoms with E-state index in [1.54, 1.807) is 24.3 Å². The molecule has 2 fully saturated rings. The van der Waals surface area contributed by atoms with Crippen molar-refractivity contribution in [3.63, 3.8) is 0 Å². The molecule has 5 atom stereocenters. The highest BCUT2D eigenvalue weighted by Gasteiger charge is 2.46. The van der Waals surface area contributed by atoms with Crippen LogP contribution in [0.15, 0.2) is 36.4 Å². The summed E-state index contributed by atoms with van der Waals surface area (Å²) < 4.78 is 49.1. The second-order valence-electron chi connectivity index (χ2n) is 11.9. The van der Waals surface area contributed by atoms with Gasteiger partial charge in [0.25, 0.3) is 0 Å². The Hall–Kier alpha value is -3.22. The molecule has 3 heterocycles. The number of alkyl halides is 2. The van der Waals surface area contributed by atoms with Crippen LogP contribution in [-0.4, -0.2) is 82.1 Å². The number of carbonyl (C=O) groups excluding carboxylic acids is 1. The number of aromatic nitrogens is 2. The van der Waals surface area contributed by atoms with Crippen LogP contribution in [0.1, 0.15) is 52.1 Å². The van der Waals surface area contributed by atoms with Gasteiger partial charge in [-0.05, 0) is 42.9 Å². The molecule has 1 aromatic heterocycles. The van der Waals surface area contributed by atoms with Gasteiger partial charge in [0.15, 0.2) is 5.69 Å². The lowest BCUT2D eigenvalue weighted by molar-refractivity contribution is -0.150. The zero-order valence-electron chi connectivity index (χ0n) is 23.4. The maximum Gasteiger partial charge on any atom is 0.326 e. The number of hydrogen-bond acceptors (Lipinski definition) is 8. The molecule has 5 unspecified atom stereocenters. The lowest BCUT2D eigenvalue weighted by Gasteiger charge is -2.35. The van der Waals surface area contributed by atoms with E-state index in [0.29, 0.717) is 11.6 Å². The van der Waals surface area contributed by atoms with E-state index in [-0.39, 0.29) is 44.0 Å². The number of allylic oxidation sites excluding steroid dienone is 1. The first-order valence-corrected chi connectivity index (χ1v) is 13.9. The molecule has 2 bridgehead atoms. The molecule has 1 amide bonds. The van der Waals surface area contributed by atoms with Crippen molar-refractivity contribution in [2.75, 3.05) is 19.9 Å². The van der Waals surface area contributed by atoms with Crippen LogP contribution in [0.2, 0.25) is 0 Å². The van der Waals surface area contributed by atoms with E-state index >= 15 is 8.78 Å². The lowest BCUT2D eigenvalue weighted by Crippen LogP contribution is -2.56. The van der Waals surface area contributed by atoms with E-state index < -0.39 is 53.0 Å². The Balaban J connectivity index is 1.54. The van der Waals surface area contributed by atoms with Crippen LogP contribution >= 0.6 is 0 Å². The molecule has 10 nitrogen and oxygen atoms in total. The number of ether oxygens (including phenoxy) is 3. The van der Waals surface area contributed by atoms with Crippen molar-refractivity contribution in [3.05, 3.63) is 42.1 Å². The smallest absolute Gasteiger partial charge is 0.326 e. The highest BCUT2D eigenvalue weighted by molar-refractivity contribution is 5.88. The monoisotopic (exact) mass is 574 g/mol. The van der Waals surface area contributed by atoms with Gasteiger partial charge in [0.2, 0.25) is 11.8 Å². The third-order valence-electron chi connectivity index (χ3n) is 7.79. The Bertz CT molecular complexity index is 1320. The number of para-hydroxylation sites is 2. The molecule has 0 radical (unpaired) electrons.